The van der Waals surface area contributed by atoms with E-state index in [1.165, 1.54) is 27.8 Å². The molecule has 4 aromatic rings. The molecule has 0 unspecified atom stereocenters. The molecule has 0 fully saturated rings. The molecular formula is C23H16IN. The van der Waals surface area contributed by atoms with Gasteiger partial charge in [0.2, 0.25) is 0 Å². The lowest BCUT2D eigenvalue weighted by Gasteiger charge is -2.11. The molecule has 1 aromatic heterocycles. The van der Waals surface area contributed by atoms with Crippen LogP contribution < -0.4 is 0 Å². The van der Waals surface area contributed by atoms with E-state index in [9.17, 15) is 0 Å². The van der Waals surface area contributed by atoms with E-state index in [1.807, 2.05) is 12.4 Å². The minimum atomic E-state index is 1.14. The van der Waals surface area contributed by atoms with Gasteiger partial charge in [0, 0.05) is 21.5 Å². The summed E-state index contributed by atoms with van der Waals surface area (Å²) in [6, 6.07) is 30.0. The summed E-state index contributed by atoms with van der Waals surface area (Å²) in [6.07, 6.45) is 3.81. The highest BCUT2D eigenvalue weighted by atomic mass is 127. The number of aromatic nitrogens is 1. The Morgan fingerprint density at radius 3 is 1.44 bits per heavy atom. The van der Waals surface area contributed by atoms with Gasteiger partial charge in [-0.05, 0) is 74.7 Å². The quantitative estimate of drug-likeness (QED) is 0.328. The minimum Gasteiger partial charge on any atom is -0.263 e. The van der Waals surface area contributed by atoms with E-state index in [2.05, 4.69) is 113 Å². The number of nitrogens with zero attached hydrogens (tertiary/aromatic N) is 1. The first-order valence-corrected chi connectivity index (χ1v) is 9.24. The smallest absolute Gasteiger partial charge is 0.0401 e. The van der Waals surface area contributed by atoms with Crippen molar-refractivity contribution in [1.29, 1.82) is 0 Å². The molecule has 3 aromatic carbocycles. The first-order valence-electron chi connectivity index (χ1n) is 8.16. The van der Waals surface area contributed by atoms with Crippen molar-refractivity contribution in [1.82, 2.24) is 4.98 Å². The molecule has 1 heterocycles. The highest BCUT2D eigenvalue weighted by Crippen LogP contribution is 2.32. The Labute approximate surface area is 161 Å². The Hall–Kier alpha value is -2.46. The third-order valence-electron chi connectivity index (χ3n) is 4.19. The number of halogens is 1. The molecule has 0 spiro atoms. The van der Waals surface area contributed by atoms with Crippen molar-refractivity contribution < 1.29 is 0 Å². The molecule has 0 N–H and O–H groups in total. The molecule has 0 radical (unpaired) electrons. The van der Waals surface area contributed by atoms with Crippen LogP contribution in [0.3, 0.4) is 0 Å². The zero-order valence-corrected chi connectivity index (χ0v) is 15.7. The normalized spacial score (nSPS) is 10.6. The Kier molecular flexibility index (Phi) is 4.61. The summed E-state index contributed by atoms with van der Waals surface area (Å²) < 4.78 is 1.14. The van der Waals surface area contributed by atoms with Crippen LogP contribution in [-0.2, 0) is 0 Å². The average Bonchev–Trinajstić information content (AvgIpc) is 2.69. The number of benzene rings is 3. The van der Waals surface area contributed by atoms with Gasteiger partial charge in [-0.15, -0.1) is 0 Å². The molecule has 25 heavy (non-hydrogen) atoms. The Morgan fingerprint density at radius 1 is 0.480 bits per heavy atom. The van der Waals surface area contributed by atoms with E-state index in [4.69, 9.17) is 0 Å². The van der Waals surface area contributed by atoms with Gasteiger partial charge >= 0.3 is 0 Å². The standard InChI is InChI=1S/C23H16IN/c24-23-14-22(15-25-16-23)21-12-19(17-7-3-1-4-8-17)11-20(13-21)18-9-5-2-6-10-18/h1-16H. The van der Waals surface area contributed by atoms with E-state index in [0.29, 0.717) is 0 Å². The van der Waals surface area contributed by atoms with Gasteiger partial charge in [-0.1, -0.05) is 60.7 Å². The first kappa shape index (κ1) is 16.0. The van der Waals surface area contributed by atoms with Gasteiger partial charge in [0.15, 0.2) is 0 Å². The van der Waals surface area contributed by atoms with E-state index >= 15 is 0 Å². The summed E-state index contributed by atoms with van der Waals surface area (Å²) in [4.78, 5) is 4.36. The fourth-order valence-corrected chi connectivity index (χ4v) is 3.45. The van der Waals surface area contributed by atoms with Crippen LogP contribution in [0.25, 0.3) is 33.4 Å². The second-order valence-corrected chi connectivity index (χ2v) is 7.17. The summed E-state index contributed by atoms with van der Waals surface area (Å²) in [7, 11) is 0. The van der Waals surface area contributed by atoms with Gasteiger partial charge in [-0.3, -0.25) is 4.98 Å². The molecule has 0 bridgehead atoms. The fourth-order valence-electron chi connectivity index (χ4n) is 2.96. The zero-order valence-electron chi connectivity index (χ0n) is 13.6. The SMILES string of the molecule is Ic1cncc(-c2cc(-c3ccccc3)cc(-c3ccccc3)c2)c1. The van der Waals surface area contributed by atoms with Crippen LogP contribution in [0, 0.1) is 3.57 Å². The zero-order chi connectivity index (χ0) is 17.1. The molecule has 0 aliphatic rings. The average molecular weight is 433 g/mol. The van der Waals surface area contributed by atoms with Gasteiger partial charge in [0.05, 0.1) is 0 Å². The lowest BCUT2D eigenvalue weighted by atomic mass is 9.94. The van der Waals surface area contributed by atoms with E-state index in [1.54, 1.807) is 0 Å². The second-order valence-electron chi connectivity index (χ2n) is 5.92. The monoisotopic (exact) mass is 433 g/mol. The Balaban J connectivity index is 1.92. The van der Waals surface area contributed by atoms with Crippen molar-refractivity contribution in [2.24, 2.45) is 0 Å². The van der Waals surface area contributed by atoms with Crippen molar-refractivity contribution in [3.05, 3.63) is 101 Å². The van der Waals surface area contributed by atoms with Crippen LogP contribution in [0.2, 0.25) is 0 Å². The van der Waals surface area contributed by atoms with E-state index in [-0.39, 0.29) is 0 Å². The summed E-state index contributed by atoms with van der Waals surface area (Å²) in [5.41, 5.74) is 7.21. The fraction of sp³-hybridized carbons (Fsp3) is 0. The van der Waals surface area contributed by atoms with Gasteiger partial charge in [0.25, 0.3) is 0 Å². The van der Waals surface area contributed by atoms with Gasteiger partial charge in [0.1, 0.15) is 0 Å². The van der Waals surface area contributed by atoms with E-state index in [0.717, 1.165) is 9.13 Å². The highest BCUT2D eigenvalue weighted by Gasteiger charge is 2.07. The topological polar surface area (TPSA) is 12.9 Å². The highest BCUT2D eigenvalue weighted by molar-refractivity contribution is 14.1. The summed E-state index contributed by atoms with van der Waals surface area (Å²) in [5, 5.41) is 0. The van der Waals surface area contributed by atoms with Crippen LogP contribution in [0.5, 0.6) is 0 Å². The maximum absolute atomic E-state index is 4.36. The predicted molar refractivity (Wildman–Crippen MR) is 113 cm³/mol. The molecular weight excluding hydrogens is 417 g/mol. The Morgan fingerprint density at radius 2 is 0.960 bits per heavy atom. The molecule has 0 aliphatic heterocycles. The first-order chi connectivity index (χ1) is 12.3. The van der Waals surface area contributed by atoms with E-state index < -0.39 is 0 Å². The lowest BCUT2D eigenvalue weighted by molar-refractivity contribution is 1.31. The van der Waals surface area contributed by atoms with Crippen LogP contribution in [-0.4, -0.2) is 4.98 Å². The van der Waals surface area contributed by atoms with Crippen LogP contribution >= 0.6 is 22.6 Å². The lowest BCUT2D eigenvalue weighted by Crippen LogP contribution is -1.87. The number of hydrogen-bond donors (Lipinski definition) is 0. The largest absolute Gasteiger partial charge is 0.263 e. The molecule has 1 nitrogen and oxygen atoms in total. The number of rotatable bonds is 3. The summed E-state index contributed by atoms with van der Waals surface area (Å²) in [6.45, 7) is 0. The maximum Gasteiger partial charge on any atom is 0.0401 e. The van der Waals surface area contributed by atoms with Gasteiger partial charge in [-0.25, -0.2) is 0 Å². The predicted octanol–water partition coefficient (Wildman–Crippen LogP) is 6.69. The summed E-state index contributed by atoms with van der Waals surface area (Å²) in [5.74, 6) is 0. The van der Waals surface area contributed by atoms with Gasteiger partial charge < -0.3 is 0 Å². The minimum absolute atomic E-state index is 1.14. The van der Waals surface area contributed by atoms with Crippen LogP contribution in [0.15, 0.2) is 97.3 Å². The molecule has 0 amide bonds. The van der Waals surface area contributed by atoms with Crippen molar-refractivity contribution in [2.45, 2.75) is 0 Å². The number of pyridine rings is 1. The molecule has 0 atom stereocenters. The molecule has 0 saturated heterocycles. The number of hydrogen-bond acceptors (Lipinski definition) is 1. The molecule has 0 aliphatic carbocycles. The molecule has 120 valence electrons. The second kappa shape index (κ2) is 7.19. The van der Waals surface area contributed by atoms with Crippen molar-refractivity contribution in [2.75, 3.05) is 0 Å². The third kappa shape index (κ3) is 3.64. The summed E-state index contributed by atoms with van der Waals surface area (Å²) >= 11 is 2.31. The Bertz CT molecular complexity index is 937. The van der Waals surface area contributed by atoms with Crippen molar-refractivity contribution in [3.63, 3.8) is 0 Å². The maximum atomic E-state index is 4.36. The molecule has 4 rings (SSSR count). The van der Waals surface area contributed by atoms with Crippen molar-refractivity contribution >= 4 is 22.6 Å². The van der Waals surface area contributed by atoms with Crippen LogP contribution in [0.1, 0.15) is 0 Å². The van der Waals surface area contributed by atoms with Crippen molar-refractivity contribution in [3.8, 4) is 33.4 Å². The van der Waals surface area contributed by atoms with Gasteiger partial charge in [-0.2, -0.15) is 0 Å². The third-order valence-corrected chi connectivity index (χ3v) is 4.78. The molecule has 2 heteroatoms. The molecule has 0 saturated carbocycles. The van der Waals surface area contributed by atoms with Crippen LogP contribution in [0.4, 0.5) is 0 Å².